The number of thiazole rings is 1. The lowest BCUT2D eigenvalue weighted by molar-refractivity contribution is 0.629. The SMILES string of the molecule is Fc1ccc2sc(C3CC3)nc2c1. The highest BCUT2D eigenvalue weighted by molar-refractivity contribution is 7.18. The third kappa shape index (κ3) is 1.23. The summed E-state index contributed by atoms with van der Waals surface area (Å²) < 4.78 is 13.9. The third-order valence-electron chi connectivity index (χ3n) is 2.29. The molecule has 13 heavy (non-hydrogen) atoms. The quantitative estimate of drug-likeness (QED) is 0.677. The lowest BCUT2D eigenvalue weighted by Gasteiger charge is -1.85. The van der Waals surface area contributed by atoms with Crippen LogP contribution in [0.2, 0.25) is 0 Å². The second kappa shape index (κ2) is 2.51. The van der Waals surface area contributed by atoms with Crippen LogP contribution in [0.5, 0.6) is 0 Å². The summed E-state index contributed by atoms with van der Waals surface area (Å²) in [5.41, 5.74) is 0.812. The molecule has 1 fully saturated rings. The Labute approximate surface area is 79.2 Å². The van der Waals surface area contributed by atoms with E-state index in [9.17, 15) is 4.39 Å². The zero-order chi connectivity index (χ0) is 8.84. The summed E-state index contributed by atoms with van der Waals surface area (Å²) in [4.78, 5) is 4.41. The molecular formula is C10H8FNS. The monoisotopic (exact) mass is 193 g/mol. The molecule has 0 saturated heterocycles. The van der Waals surface area contributed by atoms with Gasteiger partial charge in [0, 0.05) is 12.0 Å². The smallest absolute Gasteiger partial charge is 0.125 e. The van der Waals surface area contributed by atoms with E-state index in [0.29, 0.717) is 5.92 Å². The summed E-state index contributed by atoms with van der Waals surface area (Å²) in [6.07, 6.45) is 2.50. The van der Waals surface area contributed by atoms with Crippen molar-refractivity contribution in [2.45, 2.75) is 18.8 Å². The highest BCUT2D eigenvalue weighted by atomic mass is 32.1. The molecule has 2 aromatic rings. The maximum Gasteiger partial charge on any atom is 0.125 e. The second-order valence-electron chi connectivity index (χ2n) is 3.44. The molecular weight excluding hydrogens is 185 g/mol. The van der Waals surface area contributed by atoms with E-state index in [1.165, 1.54) is 30.0 Å². The van der Waals surface area contributed by atoms with Crippen molar-refractivity contribution in [2.75, 3.05) is 0 Å². The van der Waals surface area contributed by atoms with Crippen molar-refractivity contribution in [3.8, 4) is 0 Å². The number of halogens is 1. The Morgan fingerprint density at radius 3 is 3.00 bits per heavy atom. The van der Waals surface area contributed by atoms with Crippen LogP contribution in [-0.2, 0) is 0 Å². The Hall–Kier alpha value is -0.960. The third-order valence-corrected chi connectivity index (χ3v) is 3.49. The topological polar surface area (TPSA) is 12.9 Å². The van der Waals surface area contributed by atoms with Gasteiger partial charge in [-0.05, 0) is 25.0 Å². The van der Waals surface area contributed by atoms with Gasteiger partial charge in [-0.2, -0.15) is 0 Å². The summed E-state index contributed by atoms with van der Waals surface area (Å²) >= 11 is 1.70. The van der Waals surface area contributed by atoms with Gasteiger partial charge >= 0.3 is 0 Å². The van der Waals surface area contributed by atoms with Crippen molar-refractivity contribution < 1.29 is 4.39 Å². The van der Waals surface area contributed by atoms with Gasteiger partial charge in [0.1, 0.15) is 5.82 Å². The van der Waals surface area contributed by atoms with E-state index in [4.69, 9.17) is 0 Å². The zero-order valence-electron chi connectivity index (χ0n) is 6.96. The molecule has 0 unspecified atom stereocenters. The summed E-state index contributed by atoms with van der Waals surface area (Å²) in [6.45, 7) is 0. The summed E-state index contributed by atoms with van der Waals surface area (Å²) in [7, 11) is 0. The van der Waals surface area contributed by atoms with Crippen LogP contribution in [0.1, 0.15) is 23.8 Å². The van der Waals surface area contributed by atoms with Crippen LogP contribution in [0.15, 0.2) is 18.2 Å². The van der Waals surface area contributed by atoms with E-state index in [1.54, 1.807) is 11.3 Å². The fourth-order valence-corrected chi connectivity index (χ4v) is 2.54. The van der Waals surface area contributed by atoms with Crippen molar-refractivity contribution in [1.82, 2.24) is 4.98 Å². The summed E-state index contributed by atoms with van der Waals surface area (Å²) in [6, 6.07) is 4.82. The van der Waals surface area contributed by atoms with Crippen LogP contribution >= 0.6 is 11.3 Å². The lowest BCUT2D eigenvalue weighted by atomic mass is 10.3. The molecule has 1 saturated carbocycles. The van der Waals surface area contributed by atoms with E-state index in [-0.39, 0.29) is 5.82 Å². The average Bonchev–Trinajstić information content (AvgIpc) is 2.87. The normalized spacial score (nSPS) is 16.7. The lowest BCUT2D eigenvalue weighted by Crippen LogP contribution is -1.75. The van der Waals surface area contributed by atoms with E-state index in [0.717, 1.165) is 10.2 Å². The molecule has 0 aliphatic heterocycles. The van der Waals surface area contributed by atoms with Crippen LogP contribution in [0.3, 0.4) is 0 Å². The van der Waals surface area contributed by atoms with Crippen LogP contribution < -0.4 is 0 Å². The number of nitrogens with zero attached hydrogens (tertiary/aromatic N) is 1. The molecule has 1 heterocycles. The highest BCUT2D eigenvalue weighted by Gasteiger charge is 2.26. The first-order valence-electron chi connectivity index (χ1n) is 4.39. The molecule has 3 heteroatoms. The molecule has 0 radical (unpaired) electrons. The van der Waals surface area contributed by atoms with Crippen molar-refractivity contribution in [1.29, 1.82) is 0 Å². The predicted octanol–water partition coefficient (Wildman–Crippen LogP) is 3.31. The molecule has 66 valence electrons. The highest BCUT2D eigenvalue weighted by Crippen LogP contribution is 2.43. The van der Waals surface area contributed by atoms with Gasteiger partial charge in [0.15, 0.2) is 0 Å². The minimum absolute atomic E-state index is 0.194. The molecule has 1 aromatic carbocycles. The second-order valence-corrected chi connectivity index (χ2v) is 4.50. The molecule has 0 spiro atoms. The van der Waals surface area contributed by atoms with Crippen LogP contribution in [0, 0.1) is 5.82 Å². The summed E-state index contributed by atoms with van der Waals surface area (Å²) in [5.74, 6) is 0.473. The van der Waals surface area contributed by atoms with E-state index in [2.05, 4.69) is 4.98 Å². The van der Waals surface area contributed by atoms with E-state index in [1.807, 2.05) is 6.07 Å². The Kier molecular flexibility index (Phi) is 1.44. The van der Waals surface area contributed by atoms with Crippen molar-refractivity contribution in [3.05, 3.63) is 29.0 Å². The Morgan fingerprint density at radius 1 is 1.38 bits per heavy atom. The van der Waals surface area contributed by atoms with Crippen molar-refractivity contribution >= 4 is 21.6 Å². The first-order chi connectivity index (χ1) is 6.33. The van der Waals surface area contributed by atoms with Gasteiger partial charge in [-0.25, -0.2) is 9.37 Å². The molecule has 0 bridgehead atoms. The zero-order valence-corrected chi connectivity index (χ0v) is 7.77. The van der Waals surface area contributed by atoms with Crippen LogP contribution in [-0.4, -0.2) is 4.98 Å². The van der Waals surface area contributed by atoms with E-state index < -0.39 is 0 Å². The maximum absolute atomic E-state index is 12.8. The number of hydrogen-bond acceptors (Lipinski definition) is 2. The maximum atomic E-state index is 12.8. The molecule has 0 N–H and O–H groups in total. The van der Waals surface area contributed by atoms with Gasteiger partial charge < -0.3 is 0 Å². The molecule has 0 atom stereocenters. The number of benzene rings is 1. The first-order valence-corrected chi connectivity index (χ1v) is 5.20. The fourth-order valence-electron chi connectivity index (χ4n) is 1.42. The Bertz CT molecular complexity index is 459. The van der Waals surface area contributed by atoms with Gasteiger partial charge in [-0.3, -0.25) is 0 Å². The number of hydrogen-bond donors (Lipinski definition) is 0. The van der Waals surface area contributed by atoms with Gasteiger partial charge in [0.05, 0.1) is 15.2 Å². The van der Waals surface area contributed by atoms with Gasteiger partial charge in [-0.1, -0.05) is 0 Å². The van der Waals surface area contributed by atoms with Crippen LogP contribution in [0.25, 0.3) is 10.2 Å². The minimum Gasteiger partial charge on any atom is -0.241 e. The van der Waals surface area contributed by atoms with Crippen LogP contribution in [0.4, 0.5) is 4.39 Å². The van der Waals surface area contributed by atoms with Crippen molar-refractivity contribution in [2.24, 2.45) is 0 Å². The van der Waals surface area contributed by atoms with Gasteiger partial charge in [0.25, 0.3) is 0 Å². The first kappa shape index (κ1) is 7.44. The van der Waals surface area contributed by atoms with Gasteiger partial charge in [0.2, 0.25) is 0 Å². The predicted molar refractivity (Wildman–Crippen MR) is 51.6 cm³/mol. The van der Waals surface area contributed by atoms with E-state index >= 15 is 0 Å². The molecule has 0 amide bonds. The standard InChI is InChI=1S/C10H8FNS/c11-7-3-4-9-8(5-7)12-10(13-9)6-1-2-6/h3-6H,1-2H2. The number of rotatable bonds is 1. The molecule has 3 rings (SSSR count). The number of aromatic nitrogens is 1. The summed E-state index contributed by atoms with van der Waals surface area (Å²) in [5, 5.41) is 1.18. The number of fused-ring (bicyclic) bond motifs is 1. The molecule has 1 aliphatic carbocycles. The minimum atomic E-state index is -0.194. The molecule has 1 aliphatic rings. The molecule has 1 nitrogen and oxygen atoms in total. The molecule has 1 aromatic heterocycles. The average molecular weight is 193 g/mol. The van der Waals surface area contributed by atoms with Crippen molar-refractivity contribution in [3.63, 3.8) is 0 Å². The Morgan fingerprint density at radius 2 is 2.23 bits per heavy atom. The largest absolute Gasteiger partial charge is 0.241 e. The fraction of sp³-hybridized carbons (Fsp3) is 0.300. The van der Waals surface area contributed by atoms with Gasteiger partial charge in [-0.15, -0.1) is 11.3 Å². The Balaban J connectivity index is 2.20.